The number of aliphatic hydroxyl groups is 3. The summed E-state index contributed by atoms with van der Waals surface area (Å²) in [5.41, 5.74) is 6.18. The highest BCUT2D eigenvalue weighted by Crippen LogP contribution is 2.38. The standard InChI is InChI=1S/C11H16N6O5/c1-11(20)4(2-18)22-9(6(11)19)17-3-13-5-7(16-21)14-10(12)15-8(5)17/h3-4,6,9,18-21H,2H2,1H3,(H3,12,14,15,16)/t4-,6+,9-,11-/m1/s1. The first-order chi connectivity index (χ1) is 10.4. The summed E-state index contributed by atoms with van der Waals surface area (Å²) in [5, 5.41) is 38.8. The highest BCUT2D eigenvalue weighted by Gasteiger charge is 2.52. The summed E-state index contributed by atoms with van der Waals surface area (Å²) in [6.45, 7) is 0.898. The van der Waals surface area contributed by atoms with Crippen LogP contribution in [0.25, 0.3) is 11.2 Å². The molecule has 22 heavy (non-hydrogen) atoms. The van der Waals surface area contributed by atoms with Crippen molar-refractivity contribution >= 4 is 22.9 Å². The fraction of sp³-hybridized carbons (Fsp3) is 0.545. The molecule has 0 bridgehead atoms. The smallest absolute Gasteiger partial charge is 0.224 e. The lowest BCUT2D eigenvalue weighted by molar-refractivity contribution is -0.0804. The normalized spacial score (nSPS) is 31.8. The number of hydrogen-bond acceptors (Lipinski definition) is 10. The van der Waals surface area contributed by atoms with Crippen molar-refractivity contribution in [1.29, 1.82) is 0 Å². The van der Waals surface area contributed by atoms with Gasteiger partial charge in [-0.1, -0.05) is 0 Å². The fourth-order valence-electron chi connectivity index (χ4n) is 2.50. The lowest BCUT2D eigenvalue weighted by atomic mass is 9.95. The summed E-state index contributed by atoms with van der Waals surface area (Å²) < 4.78 is 6.84. The monoisotopic (exact) mass is 312 g/mol. The van der Waals surface area contributed by atoms with Crippen molar-refractivity contribution in [2.24, 2.45) is 0 Å². The molecule has 3 rings (SSSR count). The Morgan fingerprint density at radius 1 is 1.50 bits per heavy atom. The van der Waals surface area contributed by atoms with Crippen LogP contribution in [-0.2, 0) is 4.74 Å². The second kappa shape index (κ2) is 5.00. The molecule has 0 radical (unpaired) electrons. The maximum Gasteiger partial charge on any atom is 0.224 e. The molecule has 1 fully saturated rings. The van der Waals surface area contributed by atoms with E-state index in [0.717, 1.165) is 0 Å². The van der Waals surface area contributed by atoms with Crippen LogP contribution in [0.15, 0.2) is 6.33 Å². The SMILES string of the molecule is C[C@@]1(O)[C@@H](CO)O[C@@H](n2cnc3c(NO)nc(N)nc32)[C@@H]1O. The number of aromatic nitrogens is 4. The van der Waals surface area contributed by atoms with Crippen molar-refractivity contribution in [3.63, 3.8) is 0 Å². The minimum Gasteiger partial charge on any atom is -0.394 e. The van der Waals surface area contributed by atoms with Crippen molar-refractivity contribution < 1.29 is 25.3 Å². The van der Waals surface area contributed by atoms with Crippen LogP contribution in [0.2, 0.25) is 0 Å². The van der Waals surface area contributed by atoms with Gasteiger partial charge in [0.15, 0.2) is 23.2 Å². The van der Waals surface area contributed by atoms with Crippen LogP contribution >= 0.6 is 0 Å². The number of hydrogen-bond donors (Lipinski definition) is 6. The number of imidazole rings is 1. The Hall–Kier alpha value is -2.05. The minimum absolute atomic E-state index is 0.000736. The van der Waals surface area contributed by atoms with Gasteiger partial charge < -0.3 is 25.8 Å². The van der Waals surface area contributed by atoms with E-state index in [-0.39, 0.29) is 22.9 Å². The average molecular weight is 312 g/mol. The van der Waals surface area contributed by atoms with Gasteiger partial charge in [-0.3, -0.25) is 15.3 Å². The third-order valence-electron chi connectivity index (χ3n) is 3.81. The van der Waals surface area contributed by atoms with E-state index in [1.165, 1.54) is 17.8 Å². The summed E-state index contributed by atoms with van der Waals surface area (Å²) in [6.07, 6.45) is -2.02. The Kier molecular flexibility index (Phi) is 3.38. The molecule has 7 N–H and O–H groups in total. The van der Waals surface area contributed by atoms with Gasteiger partial charge in [0.05, 0.1) is 12.9 Å². The van der Waals surface area contributed by atoms with E-state index in [2.05, 4.69) is 15.0 Å². The summed E-state index contributed by atoms with van der Waals surface area (Å²) >= 11 is 0. The molecule has 3 heterocycles. The summed E-state index contributed by atoms with van der Waals surface area (Å²) in [5.74, 6) is -0.122. The van der Waals surface area contributed by atoms with Crippen molar-refractivity contribution in [3.8, 4) is 0 Å². The highest BCUT2D eigenvalue weighted by molar-refractivity contribution is 5.83. The minimum atomic E-state index is -1.65. The van der Waals surface area contributed by atoms with E-state index >= 15 is 0 Å². The molecule has 1 aliphatic rings. The first kappa shape index (κ1) is 14.9. The highest BCUT2D eigenvalue weighted by atomic mass is 16.6. The Balaban J connectivity index is 2.10. The molecule has 0 saturated carbocycles. The summed E-state index contributed by atoms with van der Waals surface area (Å²) in [7, 11) is 0. The number of ether oxygens (including phenoxy) is 1. The number of nitrogens with one attached hydrogen (secondary N) is 1. The van der Waals surface area contributed by atoms with E-state index in [1.54, 1.807) is 0 Å². The van der Waals surface area contributed by atoms with E-state index in [9.17, 15) is 15.3 Å². The molecule has 0 spiro atoms. The summed E-state index contributed by atoms with van der Waals surface area (Å²) in [4.78, 5) is 11.8. The molecule has 0 unspecified atom stereocenters. The molecule has 2 aromatic heterocycles. The molecule has 0 aliphatic carbocycles. The topological polar surface area (TPSA) is 172 Å². The van der Waals surface area contributed by atoms with Crippen molar-refractivity contribution in [3.05, 3.63) is 6.33 Å². The zero-order chi connectivity index (χ0) is 16.1. The Labute approximate surface area is 124 Å². The van der Waals surface area contributed by atoms with Gasteiger partial charge in [-0.05, 0) is 6.92 Å². The second-order valence-electron chi connectivity index (χ2n) is 5.23. The fourth-order valence-corrected chi connectivity index (χ4v) is 2.50. The quantitative estimate of drug-likeness (QED) is 0.355. The molecular formula is C11H16N6O5. The Morgan fingerprint density at radius 2 is 2.23 bits per heavy atom. The van der Waals surface area contributed by atoms with Gasteiger partial charge in [-0.2, -0.15) is 9.97 Å². The van der Waals surface area contributed by atoms with Crippen LogP contribution in [0, 0.1) is 0 Å². The largest absolute Gasteiger partial charge is 0.394 e. The average Bonchev–Trinajstić information content (AvgIpc) is 2.98. The lowest BCUT2D eigenvalue weighted by Crippen LogP contribution is -2.46. The number of nitrogens with two attached hydrogens (primary N) is 1. The number of nitrogen functional groups attached to an aromatic ring is 1. The van der Waals surface area contributed by atoms with Crippen LogP contribution < -0.4 is 11.2 Å². The van der Waals surface area contributed by atoms with Gasteiger partial charge in [0.25, 0.3) is 0 Å². The molecule has 0 aromatic carbocycles. The zero-order valence-corrected chi connectivity index (χ0v) is 11.6. The van der Waals surface area contributed by atoms with Gasteiger partial charge >= 0.3 is 0 Å². The van der Waals surface area contributed by atoms with Gasteiger partial charge in [0, 0.05) is 0 Å². The van der Waals surface area contributed by atoms with Crippen LogP contribution in [0.4, 0.5) is 11.8 Å². The molecule has 11 nitrogen and oxygen atoms in total. The number of anilines is 2. The van der Waals surface area contributed by atoms with Crippen molar-refractivity contribution in [1.82, 2.24) is 19.5 Å². The maximum absolute atomic E-state index is 10.3. The number of nitrogens with zero attached hydrogens (tertiary/aromatic N) is 4. The van der Waals surface area contributed by atoms with Crippen LogP contribution in [0.1, 0.15) is 13.2 Å². The first-order valence-corrected chi connectivity index (χ1v) is 6.47. The summed E-state index contributed by atoms with van der Waals surface area (Å²) in [6, 6.07) is 0. The number of rotatable bonds is 3. The Morgan fingerprint density at radius 3 is 2.82 bits per heavy atom. The zero-order valence-electron chi connectivity index (χ0n) is 11.6. The maximum atomic E-state index is 10.3. The van der Waals surface area contributed by atoms with Crippen molar-refractivity contribution in [2.45, 2.75) is 31.0 Å². The lowest BCUT2D eigenvalue weighted by Gasteiger charge is -2.25. The van der Waals surface area contributed by atoms with Crippen molar-refractivity contribution in [2.75, 3.05) is 17.8 Å². The van der Waals surface area contributed by atoms with Gasteiger partial charge in [-0.15, -0.1) is 0 Å². The van der Waals surface area contributed by atoms with Gasteiger partial charge in [-0.25, -0.2) is 4.98 Å². The third-order valence-corrected chi connectivity index (χ3v) is 3.81. The van der Waals surface area contributed by atoms with Crippen LogP contribution in [0.3, 0.4) is 0 Å². The Bertz CT molecular complexity index is 704. The second-order valence-corrected chi connectivity index (χ2v) is 5.23. The van der Waals surface area contributed by atoms with E-state index in [0.29, 0.717) is 0 Å². The molecular weight excluding hydrogens is 296 g/mol. The predicted octanol–water partition coefficient (Wildman–Crippen LogP) is -1.79. The predicted molar refractivity (Wildman–Crippen MR) is 72.8 cm³/mol. The molecule has 1 saturated heterocycles. The van der Waals surface area contributed by atoms with Crippen LogP contribution in [-0.4, -0.2) is 64.5 Å². The molecule has 11 heteroatoms. The molecule has 120 valence electrons. The molecule has 4 atom stereocenters. The van der Waals surface area contributed by atoms with Gasteiger partial charge in [0.1, 0.15) is 17.8 Å². The van der Waals surface area contributed by atoms with E-state index in [1.807, 2.05) is 5.48 Å². The molecule has 1 aliphatic heterocycles. The van der Waals surface area contributed by atoms with E-state index in [4.69, 9.17) is 15.7 Å². The molecule has 0 amide bonds. The number of fused-ring (bicyclic) bond motifs is 1. The first-order valence-electron chi connectivity index (χ1n) is 6.47. The van der Waals surface area contributed by atoms with Crippen LogP contribution in [0.5, 0.6) is 0 Å². The van der Waals surface area contributed by atoms with Gasteiger partial charge in [0.2, 0.25) is 5.95 Å². The molecule has 2 aromatic rings. The van der Waals surface area contributed by atoms with E-state index < -0.39 is 30.6 Å². The number of aliphatic hydroxyl groups excluding tert-OH is 2. The third kappa shape index (κ3) is 1.99.